The number of aromatic nitrogens is 3. The van der Waals surface area contributed by atoms with Crippen LogP contribution in [-0.2, 0) is 0 Å². The number of hydrogen-bond donors (Lipinski definition) is 2. The number of methoxy groups -OCH3 is 1. The molecule has 0 bridgehead atoms. The van der Waals surface area contributed by atoms with E-state index in [0.29, 0.717) is 36.2 Å². The van der Waals surface area contributed by atoms with Gasteiger partial charge in [0.2, 0.25) is 17.8 Å². The molecular weight excluding hydrogens is 409 g/mol. The largest absolute Gasteiger partial charge is 0.494 e. The lowest BCUT2D eigenvalue weighted by atomic mass is 10.1. The van der Waals surface area contributed by atoms with E-state index in [-0.39, 0.29) is 11.7 Å². The fraction of sp³-hybridized carbons (Fsp3) is 0.609. The van der Waals surface area contributed by atoms with Crippen molar-refractivity contribution in [2.24, 2.45) is 0 Å². The van der Waals surface area contributed by atoms with Crippen molar-refractivity contribution in [1.29, 1.82) is 0 Å². The number of hydrogen-bond acceptors (Lipinski definition) is 8. The van der Waals surface area contributed by atoms with E-state index in [1.165, 1.54) is 38.9 Å². The van der Waals surface area contributed by atoms with Gasteiger partial charge >= 0.3 is 0 Å². The van der Waals surface area contributed by atoms with Gasteiger partial charge in [0.15, 0.2) is 11.6 Å². The Kier molecular flexibility index (Phi) is 7.24. The molecule has 8 nitrogen and oxygen atoms in total. The summed E-state index contributed by atoms with van der Waals surface area (Å²) in [7, 11) is 3.58. The molecule has 0 radical (unpaired) electrons. The van der Waals surface area contributed by atoms with Crippen LogP contribution < -0.4 is 20.7 Å². The molecule has 2 heterocycles. The van der Waals surface area contributed by atoms with Crippen LogP contribution >= 0.6 is 0 Å². The van der Waals surface area contributed by atoms with Crippen molar-refractivity contribution >= 4 is 23.5 Å². The monoisotopic (exact) mass is 443 g/mol. The molecule has 3 N–H and O–H groups in total. The van der Waals surface area contributed by atoms with E-state index < -0.39 is 5.82 Å². The summed E-state index contributed by atoms with van der Waals surface area (Å²) < 4.78 is 19.7. The molecule has 1 saturated heterocycles. The van der Waals surface area contributed by atoms with E-state index >= 15 is 0 Å². The molecule has 2 aliphatic rings. The second-order valence-corrected chi connectivity index (χ2v) is 8.86. The highest BCUT2D eigenvalue weighted by molar-refractivity contribution is 5.60. The predicted octanol–water partition coefficient (Wildman–Crippen LogP) is 3.97. The molecule has 1 aromatic heterocycles. The Bertz CT molecular complexity index is 904. The smallest absolute Gasteiger partial charge is 0.236 e. The average molecular weight is 444 g/mol. The number of likely N-dealkylation sites (N-methyl/N-ethyl adjacent to an activating group) is 1. The van der Waals surface area contributed by atoms with Crippen LogP contribution in [0.1, 0.15) is 51.4 Å². The van der Waals surface area contributed by atoms with Gasteiger partial charge < -0.3 is 25.6 Å². The van der Waals surface area contributed by atoms with Crippen molar-refractivity contribution in [3.05, 3.63) is 24.0 Å². The van der Waals surface area contributed by atoms with Crippen LogP contribution in [-0.4, -0.2) is 59.2 Å². The van der Waals surface area contributed by atoms with Crippen molar-refractivity contribution in [3.63, 3.8) is 0 Å². The van der Waals surface area contributed by atoms with E-state index in [0.717, 1.165) is 32.2 Å². The third kappa shape index (κ3) is 5.38. The molecule has 1 aromatic carbocycles. The van der Waals surface area contributed by atoms with Gasteiger partial charge in [-0.2, -0.15) is 15.0 Å². The number of ether oxygens (including phenoxy) is 1. The summed E-state index contributed by atoms with van der Waals surface area (Å²) in [6.45, 7) is 1.68. The Labute approximate surface area is 189 Å². The van der Waals surface area contributed by atoms with Crippen molar-refractivity contribution in [2.45, 2.75) is 63.5 Å². The summed E-state index contributed by atoms with van der Waals surface area (Å²) in [5.41, 5.74) is 6.75. The number of benzene rings is 1. The highest BCUT2D eigenvalue weighted by atomic mass is 19.1. The Balaban J connectivity index is 1.65. The van der Waals surface area contributed by atoms with Gasteiger partial charge in [-0.1, -0.05) is 25.7 Å². The summed E-state index contributed by atoms with van der Waals surface area (Å²) in [4.78, 5) is 17.7. The summed E-state index contributed by atoms with van der Waals surface area (Å²) in [5.74, 6) is 0.854. The molecule has 1 unspecified atom stereocenters. The number of rotatable bonds is 7. The van der Waals surface area contributed by atoms with Crippen molar-refractivity contribution in [3.8, 4) is 5.75 Å². The minimum absolute atomic E-state index is 0.157. The third-order valence-corrected chi connectivity index (χ3v) is 6.58. The minimum Gasteiger partial charge on any atom is -0.494 e. The van der Waals surface area contributed by atoms with Crippen LogP contribution in [0.3, 0.4) is 0 Å². The molecule has 1 atom stereocenters. The molecule has 2 aromatic rings. The standard InChI is InChI=1S/C23H34FN7O/c1-30-13-7-10-18(30)15-31(17-11-12-20(32-2)19(24)14-17)23-28-21(25)27-22(29-23)26-16-8-5-3-4-6-9-16/h11-12,14,16,18H,3-10,13,15H2,1-2H3,(H3,25,26,27,28,29). The average Bonchev–Trinajstić information content (AvgIpc) is 3.00. The summed E-state index contributed by atoms with van der Waals surface area (Å²) in [6.07, 6.45) is 9.36. The number of likely N-dealkylation sites (tertiary alicyclic amines) is 1. The maximum absolute atomic E-state index is 14.6. The van der Waals surface area contributed by atoms with Gasteiger partial charge in [0.1, 0.15) is 0 Å². The molecular formula is C23H34FN7O. The van der Waals surface area contributed by atoms with Crippen LogP contribution in [0, 0.1) is 5.82 Å². The lowest BCUT2D eigenvalue weighted by Gasteiger charge is -2.29. The second kappa shape index (κ2) is 10.3. The zero-order chi connectivity index (χ0) is 22.5. The SMILES string of the molecule is COc1ccc(N(CC2CCCN2C)c2nc(N)nc(NC3CCCCCC3)n2)cc1F. The normalized spacial score (nSPS) is 20.2. The van der Waals surface area contributed by atoms with Crippen LogP contribution in [0.25, 0.3) is 0 Å². The topological polar surface area (TPSA) is 92.4 Å². The lowest BCUT2D eigenvalue weighted by molar-refractivity contribution is 0.315. The number of anilines is 4. The van der Waals surface area contributed by atoms with Crippen molar-refractivity contribution in [1.82, 2.24) is 19.9 Å². The number of nitrogens with zero attached hydrogens (tertiary/aromatic N) is 5. The fourth-order valence-electron chi connectivity index (χ4n) is 4.72. The van der Waals surface area contributed by atoms with Gasteiger partial charge in [-0.05, 0) is 51.4 Å². The van der Waals surface area contributed by atoms with E-state index in [9.17, 15) is 4.39 Å². The number of nitrogens with two attached hydrogens (primary N) is 1. The van der Waals surface area contributed by atoms with Gasteiger partial charge in [-0.25, -0.2) is 4.39 Å². The minimum atomic E-state index is -0.423. The Morgan fingerprint density at radius 3 is 2.56 bits per heavy atom. The van der Waals surface area contributed by atoms with Gasteiger partial charge in [0.25, 0.3) is 0 Å². The molecule has 1 aliphatic carbocycles. The number of nitrogens with one attached hydrogen (secondary N) is 1. The Morgan fingerprint density at radius 2 is 1.91 bits per heavy atom. The second-order valence-electron chi connectivity index (χ2n) is 8.86. The molecule has 0 amide bonds. The van der Waals surface area contributed by atoms with Crippen LogP contribution in [0.5, 0.6) is 5.75 Å². The number of nitrogen functional groups attached to an aromatic ring is 1. The first-order valence-corrected chi connectivity index (χ1v) is 11.6. The third-order valence-electron chi connectivity index (χ3n) is 6.58. The highest BCUT2D eigenvalue weighted by Gasteiger charge is 2.27. The van der Waals surface area contributed by atoms with Gasteiger partial charge in [0.05, 0.1) is 7.11 Å². The van der Waals surface area contributed by atoms with Gasteiger partial charge in [0, 0.05) is 30.4 Å². The molecule has 2 fully saturated rings. The first-order valence-electron chi connectivity index (χ1n) is 11.6. The quantitative estimate of drug-likeness (QED) is 0.621. The lowest BCUT2D eigenvalue weighted by Crippen LogP contribution is -2.37. The van der Waals surface area contributed by atoms with Crippen molar-refractivity contribution < 1.29 is 9.13 Å². The van der Waals surface area contributed by atoms with Gasteiger partial charge in [-0.3, -0.25) is 0 Å². The molecule has 9 heteroatoms. The Hall–Kier alpha value is -2.68. The molecule has 174 valence electrons. The van der Waals surface area contributed by atoms with Crippen molar-refractivity contribution in [2.75, 3.05) is 43.2 Å². The highest BCUT2D eigenvalue weighted by Crippen LogP contribution is 2.30. The zero-order valence-corrected chi connectivity index (χ0v) is 19.1. The molecule has 1 aliphatic heterocycles. The summed E-state index contributed by atoms with van der Waals surface area (Å²) in [5, 5.41) is 3.47. The molecule has 0 spiro atoms. The maximum Gasteiger partial charge on any atom is 0.236 e. The van der Waals surface area contributed by atoms with E-state index in [4.69, 9.17) is 15.5 Å². The van der Waals surface area contributed by atoms with Gasteiger partial charge in [-0.15, -0.1) is 0 Å². The van der Waals surface area contributed by atoms with E-state index in [1.807, 2.05) is 11.0 Å². The number of halogens is 1. The predicted molar refractivity (Wildman–Crippen MR) is 125 cm³/mol. The van der Waals surface area contributed by atoms with E-state index in [1.54, 1.807) is 6.07 Å². The van der Waals surface area contributed by atoms with Crippen LogP contribution in [0.15, 0.2) is 18.2 Å². The first-order chi connectivity index (χ1) is 15.5. The molecule has 1 saturated carbocycles. The molecule has 4 rings (SSSR count). The maximum atomic E-state index is 14.6. The van der Waals surface area contributed by atoms with Crippen LogP contribution in [0.2, 0.25) is 0 Å². The summed E-state index contributed by atoms with van der Waals surface area (Å²) in [6, 6.07) is 5.57. The first kappa shape index (κ1) is 22.5. The summed E-state index contributed by atoms with van der Waals surface area (Å²) >= 11 is 0. The molecule has 32 heavy (non-hydrogen) atoms. The van der Waals surface area contributed by atoms with E-state index in [2.05, 4.69) is 27.2 Å². The zero-order valence-electron chi connectivity index (χ0n) is 19.1. The van der Waals surface area contributed by atoms with Crippen LogP contribution in [0.4, 0.5) is 27.9 Å². The Morgan fingerprint density at radius 1 is 1.12 bits per heavy atom. The fourth-order valence-corrected chi connectivity index (χ4v) is 4.72.